The first kappa shape index (κ1) is 20.4. The maximum absolute atomic E-state index is 13.0. The number of likely N-dealkylation sites (N-methyl/N-ethyl adjacent to an activating group) is 1. The van der Waals surface area contributed by atoms with Crippen LogP contribution in [-0.2, 0) is 21.2 Å². The number of halogens is 1. The Kier molecular flexibility index (Phi) is 6.12. The number of aryl methyl sites for hydroxylation is 1. The molecule has 1 amide bonds. The predicted octanol–water partition coefficient (Wildman–Crippen LogP) is 2.25. The number of anilines is 1. The summed E-state index contributed by atoms with van der Waals surface area (Å²) in [5.41, 5.74) is 1.73. The molecular weight excluding hydrogens is 381 g/mol. The van der Waals surface area contributed by atoms with Gasteiger partial charge in [0.25, 0.3) is 0 Å². The Hall–Kier alpha value is -2.29. The molecule has 0 saturated carbocycles. The van der Waals surface area contributed by atoms with Crippen LogP contribution in [-0.4, -0.2) is 56.8 Å². The third kappa shape index (κ3) is 4.76. The molecule has 0 aromatic heterocycles. The van der Waals surface area contributed by atoms with Crippen LogP contribution >= 0.6 is 0 Å². The summed E-state index contributed by atoms with van der Waals surface area (Å²) >= 11 is 0. The van der Waals surface area contributed by atoms with E-state index in [0.29, 0.717) is 43.0 Å². The van der Waals surface area contributed by atoms with Crippen LogP contribution in [0, 0.1) is 12.7 Å². The van der Waals surface area contributed by atoms with Gasteiger partial charge in [-0.1, -0.05) is 18.2 Å². The fourth-order valence-corrected chi connectivity index (χ4v) is 4.79. The summed E-state index contributed by atoms with van der Waals surface area (Å²) in [4.78, 5) is 14.6. The number of carbonyl (C=O) groups excluding carboxylic acids is 1. The van der Waals surface area contributed by atoms with Gasteiger partial charge in [0.2, 0.25) is 15.9 Å². The molecule has 1 fully saturated rings. The molecule has 2 aromatic carbocycles. The quantitative estimate of drug-likeness (QED) is 0.828. The van der Waals surface area contributed by atoms with Crippen LogP contribution in [0.4, 0.5) is 10.1 Å². The summed E-state index contributed by atoms with van der Waals surface area (Å²) in [6, 6.07) is 10.6. The number of carbonyl (C=O) groups is 1. The molecule has 0 atom stereocenters. The Balaban J connectivity index is 1.75. The average Bonchev–Trinajstić information content (AvgIpc) is 2.65. The van der Waals surface area contributed by atoms with Crippen molar-refractivity contribution in [2.75, 3.05) is 38.5 Å². The van der Waals surface area contributed by atoms with Crippen LogP contribution in [0.3, 0.4) is 0 Å². The zero-order valence-electron chi connectivity index (χ0n) is 16.0. The third-order valence-corrected chi connectivity index (χ3v) is 6.87. The van der Waals surface area contributed by atoms with Gasteiger partial charge in [-0.3, -0.25) is 4.79 Å². The first-order valence-corrected chi connectivity index (χ1v) is 10.5. The highest BCUT2D eigenvalue weighted by molar-refractivity contribution is 7.89. The maximum atomic E-state index is 13.0. The van der Waals surface area contributed by atoms with E-state index in [1.54, 1.807) is 31.2 Å². The lowest BCUT2D eigenvalue weighted by molar-refractivity contribution is -0.115. The average molecular weight is 405 g/mol. The van der Waals surface area contributed by atoms with Gasteiger partial charge in [-0.2, -0.15) is 4.31 Å². The van der Waals surface area contributed by atoms with Gasteiger partial charge in [-0.05, 0) is 49.4 Å². The molecule has 0 unspecified atom stereocenters. The molecule has 3 rings (SSSR count). The van der Waals surface area contributed by atoms with Crippen molar-refractivity contribution < 1.29 is 17.6 Å². The Bertz CT molecular complexity index is 953. The second-order valence-electron chi connectivity index (χ2n) is 7.04. The van der Waals surface area contributed by atoms with Gasteiger partial charge in [-0.15, -0.1) is 0 Å². The van der Waals surface area contributed by atoms with Crippen LogP contribution < -0.4 is 5.32 Å². The molecule has 1 N–H and O–H groups in total. The number of nitrogens with one attached hydrogen (secondary N) is 1. The first-order valence-electron chi connectivity index (χ1n) is 9.09. The second-order valence-corrected chi connectivity index (χ2v) is 8.95. The van der Waals surface area contributed by atoms with Crippen LogP contribution in [0.5, 0.6) is 0 Å². The Morgan fingerprint density at radius 3 is 2.36 bits per heavy atom. The normalized spacial score (nSPS) is 16.1. The predicted molar refractivity (Wildman–Crippen MR) is 106 cm³/mol. The first-order chi connectivity index (χ1) is 13.3. The van der Waals surface area contributed by atoms with Crippen LogP contribution in [0.25, 0.3) is 0 Å². The standard InChI is InChI=1S/C20H24FN3O3S/c1-15-3-8-18(22-20(25)13-16-4-6-17(21)7-5-16)14-19(15)28(26,27)24-11-9-23(2)10-12-24/h3-8,14H,9-13H2,1-2H3,(H,22,25). The fraction of sp³-hybridized carbons (Fsp3) is 0.350. The van der Waals surface area contributed by atoms with E-state index in [0.717, 1.165) is 0 Å². The molecule has 1 heterocycles. The van der Waals surface area contributed by atoms with E-state index in [1.807, 2.05) is 7.05 Å². The van der Waals surface area contributed by atoms with E-state index >= 15 is 0 Å². The number of hydrogen-bond acceptors (Lipinski definition) is 4. The van der Waals surface area contributed by atoms with Gasteiger partial charge >= 0.3 is 0 Å². The largest absolute Gasteiger partial charge is 0.326 e. The van der Waals surface area contributed by atoms with Gasteiger partial charge in [0.05, 0.1) is 11.3 Å². The zero-order valence-corrected chi connectivity index (χ0v) is 16.8. The number of hydrogen-bond donors (Lipinski definition) is 1. The number of nitrogens with zero attached hydrogens (tertiary/aromatic N) is 2. The van der Waals surface area contributed by atoms with Crippen molar-refractivity contribution in [3.63, 3.8) is 0 Å². The minimum Gasteiger partial charge on any atom is -0.326 e. The van der Waals surface area contributed by atoms with Gasteiger partial charge < -0.3 is 10.2 Å². The van der Waals surface area contributed by atoms with Crippen molar-refractivity contribution in [1.82, 2.24) is 9.21 Å². The molecule has 0 bridgehead atoms. The van der Waals surface area contributed by atoms with E-state index in [2.05, 4.69) is 10.2 Å². The highest BCUT2D eigenvalue weighted by atomic mass is 32.2. The summed E-state index contributed by atoms with van der Waals surface area (Å²) in [6.45, 7) is 4.00. The van der Waals surface area contributed by atoms with Crippen LogP contribution in [0.1, 0.15) is 11.1 Å². The highest BCUT2D eigenvalue weighted by Gasteiger charge is 2.29. The number of rotatable bonds is 5. The molecule has 0 radical (unpaired) electrons. The summed E-state index contributed by atoms with van der Waals surface area (Å²) < 4.78 is 40.5. The Morgan fingerprint density at radius 2 is 1.71 bits per heavy atom. The van der Waals surface area contributed by atoms with E-state index in [9.17, 15) is 17.6 Å². The molecule has 28 heavy (non-hydrogen) atoms. The van der Waals surface area contributed by atoms with Gasteiger partial charge in [-0.25, -0.2) is 12.8 Å². The summed E-state index contributed by atoms with van der Waals surface area (Å²) in [5.74, 6) is -0.653. The molecule has 6 nitrogen and oxygen atoms in total. The lowest BCUT2D eigenvalue weighted by Crippen LogP contribution is -2.47. The number of piperazine rings is 1. The third-order valence-electron chi connectivity index (χ3n) is 4.83. The Labute approximate surface area is 165 Å². The van der Waals surface area contributed by atoms with Crippen LogP contribution in [0.2, 0.25) is 0 Å². The van der Waals surface area contributed by atoms with E-state index in [4.69, 9.17) is 0 Å². The van der Waals surface area contributed by atoms with E-state index < -0.39 is 10.0 Å². The molecule has 0 aliphatic carbocycles. The SMILES string of the molecule is Cc1ccc(NC(=O)Cc2ccc(F)cc2)cc1S(=O)(=O)N1CCN(C)CC1. The topological polar surface area (TPSA) is 69.7 Å². The lowest BCUT2D eigenvalue weighted by Gasteiger charge is -2.32. The van der Waals surface area contributed by atoms with Crippen molar-refractivity contribution in [2.45, 2.75) is 18.2 Å². The molecule has 0 spiro atoms. The van der Waals surface area contributed by atoms with E-state index in [1.165, 1.54) is 22.5 Å². The van der Waals surface area contributed by atoms with Crippen molar-refractivity contribution >= 4 is 21.6 Å². The lowest BCUT2D eigenvalue weighted by atomic mass is 10.1. The maximum Gasteiger partial charge on any atom is 0.243 e. The van der Waals surface area contributed by atoms with E-state index in [-0.39, 0.29) is 23.0 Å². The molecule has 2 aromatic rings. The zero-order chi connectivity index (χ0) is 20.3. The van der Waals surface area contributed by atoms with Crippen LogP contribution in [0.15, 0.2) is 47.4 Å². The smallest absolute Gasteiger partial charge is 0.243 e. The summed E-state index contributed by atoms with van der Waals surface area (Å²) in [7, 11) is -1.66. The monoisotopic (exact) mass is 405 g/mol. The van der Waals surface area contributed by atoms with Crippen molar-refractivity contribution in [2.24, 2.45) is 0 Å². The minimum atomic E-state index is -3.62. The Morgan fingerprint density at radius 1 is 1.07 bits per heavy atom. The molecule has 150 valence electrons. The summed E-state index contributed by atoms with van der Waals surface area (Å²) in [5, 5.41) is 2.73. The minimum absolute atomic E-state index is 0.0781. The summed E-state index contributed by atoms with van der Waals surface area (Å²) in [6.07, 6.45) is 0.0781. The van der Waals surface area contributed by atoms with Crippen molar-refractivity contribution in [1.29, 1.82) is 0 Å². The number of sulfonamides is 1. The van der Waals surface area contributed by atoms with Gasteiger partial charge in [0.1, 0.15) is 5.82 Å². The fourth-order valence-electron chi connectivity index (χ4n) is 3.12. The molecule has 1 aliphatic rings. The number of amides is 1. The molecule has 8 heteroatoms. The molecule has 1 saturated heterocycles. The number of benzene rings is 2. The van der Waals surface area contributed by atoms with Gasteiger partial charge in [0, 0.05) is 31.9 Å². The molecular formula is C20H24FN3O3S. The van der Waals surface area contributed by atoms with Gasteiger partial charge in [0.15, 0.2) is 0 Å². The highest BCUT2D eigenvalue weighted by Crippen LogP contribution is 2.24. The molecule has 1 aliphatic heterocycles. The van der Waals surface area contributed by atoms with Crippen molar-refractivity contribution in [3.8, 4) is 0 Å². The van der Waals surface area contributed by atoms with Crippen molar-refractivity contribution in [3.05, 3.63) is 59.4 Å². The second kappa shape index (κ2) is 8.38.